The smallest absolute Gasteiger partial charge is 0.273 e. The van der Waals surface area contributed by atoms with Gasteiger partial charge in [0.25, 0.3) is 11.6 Å². The van der Waals surface area contributed by atoms with Gasteiger partial charge in [0.05, 0.1) is 23.8 Å². The van der Waals surface area contributed by atoms with Crippen LogP contribution in [0.2, 0.25) is 0 Å². The molecule has 2 atom stereocenters. The molecule has 2 amide bonds. The molecule has 0 spiro atoms. The second-order valence-corrected chi connectivity index (χ2v) is 6.53. The second kappa shape index (κ2) is 9.03. The molecule has 2 aromatic carbocycles. The lowest BCUT2D eigenvalue weighted by molar-refractivity contribution is -0.385. The monoisotopic (exact) mass is 411 g/mol. The van der Waals surface area contributed by atoms with Crippen LogP contribution in [0.15, 0.2) is 47.6 Å². The predicted molar refractivity (Wildman–Crippen MR) is 105 cm³/mol. The molecule has 1 fully saturated rings. The number of rotatable bonds is 7. The van der Waals surface area contributed by atoms with Crippen LogP contribution in [0, 0.1) is 16.0 Å². The van der Waals surface area contributed by atoms with E-state index in [1.165, 1.54) is 0 Å². The number of ether oxygens (including phenoxy) is 1. The van der Waals surface area contributed by atoms with E-state index in [1.807, 2.05) is 30.3 Å². The van der Waals surface area contributed by atoms with Crippen molar-refractivity contribution >= 4 is 23.7 Å². The van der Waals surface area contributed by atoms with Crippen LogP contribution in [0.4, 0.5) is 5.69 Å². The maximum atomic E-state index is 12.6. The number of nitro benzene ring substituents is 1. The highest BCUT2D eigenvalue weighted by molar-refractivity contribution is 6.03. The van der Waals surface area contributed by atoms with E-state index in [9.17, 15) is 24.8 Å². The van der Waals surface area contributed by atoms with Crippen LogP contribution >= 0.6 is 0 Å². The molecule has 30 heavy (non-hydrogen) atoms. The Bertz CT molecular complexity index is 992. The summed E-state index contributed by atoms with van der Waals surface area (Å²) in [7, 11) is 0. The van der Waals surface area contributed by atoms with E-state index >= 15 is 0 Å². The van der Waals surface area contributed by atoms with Gasteiger partial charge in [-0.25, -0.2) is 5.43 Å². The van der Waals surface area contributed by atoms with Crippen molar-refractivity contribution < 1.29 is 24.4 Å². The third-order valence-corrected chi connectivity index (χ3v) is 4.65. The van der Waals surface area contributed by atoms with Crippen LogP contribution in [0.25, 0.3) is 0 Å². The first-order valence-corrected chi connectivity index (χ1v) is 9.20. The van der Waals surface area contributed by atoms with Crippen LogP contribution in [-0.4, -0.2) is 36.1 Å². The third kappa shape index (κ3) is 4.37. The molecular formula is C20H19N4O6-. The van der Waals surface area contributed by atoms with Gasteiger partial charge in [-0.05, 0) is 18.1 Å². The Morgan fingerprint density at radius 2 is 2.10 bits per heavy atom. The molecule has 10 heteroatoms. The van der Waals surface area contributed by atoms with E-state index in [0.29, 0.717) is 6.54 Å². The van der Waals surface area contributed by atoms with Gasteiger partial charge in [0, 0.05) is 18.5 Å². The van der Waals surface area contributed by atoms with Gasteiger partial charge in [0.1, 0.15) is 11.7 Å². The molecule has 1 aliphatic rings. The Morgan fingerprint density at radius 1 is 1.37 bits per heavy atom. The fourth-order valence-corrected chi connectivity index (χ4v) is 3.24. The summed E-state index contributed by atoms with van der Waals surface area (Å²) in [6.07, 6.45) is 1.00. The maximum absolute atomic E-state index is 12.6. The quantitative estimate of drug-likeness (QED) is 0.301. The molecule has 1 aliphatic heterocycles. The average molecular weight is 411 g/mol. The largest absolute Gasteiger partial charge is 0.870 e. The summed E-state index contributed by atoms with van der Waals surface area (Å²) in [5.74, 6) is -3.18. The zero-order chi connectivity index (χ0) is 21.7. The Hall–Kier alpha value is -3.95. The van der Waals surface area contributed by atoms with Crippen LogP contribution in [0.3, 0.4) is 0 Å². The average Bonchev–Trinajstić information content (AvgIpc) is 3.12. The van der Waals surface area contributed by atoms with Crippen molar-refractivity contribution in [2.24, 2.45) is 11.0 Å². The summed E-state index contributed by atoms with van der Waals surface area (Å²) in [6, 6.07) is 11.2. The number of nitrogens with zero attached hydrogens (tertiary/aromatic N) is 2. The Labute approximate surface area is 171 Å². The summed E-state index contributed by atoms with van der Waals surface area (Å²) >= 11 is 0. The summed E-state index contributed by atoms with van der Waals surface area (Å²) in [5.41, 5.74) is 2.62. The molecule has 156 valence electrons. The maximum Gasteiger partial charge on any atom is 0.273 e. The number of carbonyl (C=O) groups is 2. The molecule has 1 heterocycles. The molecule has 0 saturated carbocycles. The van der Waals surface area contributed by atoms with Crippen molar-refractivity contribution in [3.05, 3.63) is 63.7 Å². The van der Waals surface area contributed by atoms with E-state index in [4.69, 9.17) is 4.74 Å². The molecular weight excluding hydrogens is 392 g/mol. The number of hydrazone groups is 1. The number of hydrogen-bond donors (Lipinski definition) is 2. The lowest BCUT2D eigenvalue weighted by Gasteiger charge is -2.17. The summed E-state index contributed by atoms with van der Waals surface area (Å²) in [6.45, 7) is 2.11. The molecule has 2 aromatic rings. The Balaban J connectivity index is 1.78. The van der Waals surface area contributed by atoms with Crippen molar-refractivity contribution in [2.75, 3.05) is 13.2 Å². The fraction of sp³-hybridized carbons (Fsp3) is 0.250. The molecule has 0 aliphatic carbocycles. The first-order chi connectivity index (χ1) is 14.4. The lowest BCUT2D eigenvalue weighted by atomic mass is 9.88. The van der Waals surface area contributed by atoms with Gasteiger partial charge < -0.3 is 15.2 Å². The standard InChI is InChI=1S/C20H20N4O6/c1-2-30-16-9-14(24(28)29)8-13(18(16)25)10-22-23-20(27)17-15(11-21-19(17)26)12-6-4-3-5-7-12/h3-10,15,17,25H,2,11H2,1H3,(H,21,26)(H,23,27)/p-1/b22-10+/t15-,17-/m0/s1. The van der Waals surface area contributed by atoms with Crippen molar-refractivity contribution in [3.63, 3.8) is 0 Å². The number of nitrogens with one attached hydrogen (secondary N) is 2. The Morgan fingerprint density at radius 3 is 2.77 bits per heavy atom. The van der Waals surface area contributed by atoms with E-state index in [1.54, 1.807) is 6.92 Å². The molecule has 1 saturated heterocycles. The predicted octanol–water partition coefficient (Wildman–Crippen LogP) is 1.05. The first-order valence-electron chi connectivity index (χ1n) is 9.20. The number of non-ortho nitro benzene ring substituents is 1. The van der Waals surface area contributed by atoms with Gasteiger partial charge in [-0.15, -0.1) is 0 Å². The van der Waals surface area contributed by atoms with Gasteiger partial charge >= 0.3 is 0 Å². The normalized spacial score (nSPS) is 18.2. The SMILES string of the molecule is CCOc1cc([N+](=O)[O-])cc(/C=N/NC(=O)[C@@H]2C(=O)NC[C@H]2c2ccccc2)c1[O-]. The summed E-state index contributed by atoms with van der Waals surface area (Å²) in [4.78, 5) is 35.1. The van der Waals surface area contributed by atoms with Crippen molar-refractivity contribution in [1.29, 1.82) is 0 Å². The van der Waals surface area contributed by atoms with Crippen molar-refractivity contribution in [2.45, 2.75) is 12.8 Å². The van der Waals surface area contributed by atoms with Gasteiger partial charge in [0.15, 0.2) is 0 Å². The number of hydrogen-bond acceptors (Lipinski definition) is 7. The zero-order valence-corrected chi connectivity index (χ0v) is 16.0. The van der Waals surface area contributed by atoms with E-state index < -0.39 is 28.4 Å². The highest BCUT2D eigenvalue weighted by Crippen LogP contribution is 2.32. The summed E-state index contributed by atoms with van der Waals surface area (Å²) < 4.78 is 5.14. The number of nitro groups is 1. The zero-order valence-electron chi connectivity index (χ0n) is 16.0. The van der Waals surface area contributed by atoms with Crippen molar-refractivity contribution in [1.82, 2.24) is 10.7 Å². The van der Waals surface area contributed by atoms with Crippen LogP contribution in [0.5, 0.6) is 11.5 Å². The molecule has 0 aromatic heterocycles. The fourth-order valence-electron chi connectivity index (χ4n) is 3.24. The number of carbonyl (C=O) groups excluding carboxylic acids is 2. The Kier molecular flexibility index (Phi) is 6.26. The number of benzene rings is 2. The van der Waals surface area contributed by atoms with Gasteiger partial charge in [0.2, 0.25) is 5.91 Å². The van der Waals surface area contributed by atoms with E-state index in [-0.39, 0.29) is 29.5 Å². The molecule has 0 bridgehead atoms. The molecule has 3 rings (SSSR count). The molecule has 2 N–H and O–H groups in total. The minimum absolute atomic E-state index is 0.122. The molecule has 0 unspecified atom stereocenters. The third-order valence-electron chi connectivity index (χ3n) is 4.65. The first kappa shape index (κ1) is 20.8. The highest BCUT2D eigenvalue weighted by atomic mass is 16.6. The molecule has 0 radical (unpaired) electrons. The lowest BCUT2D eigenvalue weighted by Crippen LogP contribution is -2.34. The van der Waals surface area contributed by atoms with Crippen LogP contribution in [0.1, 0.15) is 24.0 Å². The molecule has 10 nitrogen and oxygen atoms in total. The number of amides is 2. The van der Waals surface area contributed by atoms with E-state index in [2.05, 4.69) is 15.8 Å². The second-order valence-electron chi connectivity index (χ2n) is 6.53. The van der Waals surface area contributed by atoms with Gasteiger partial charge in [-0.2, -0.15) is 5.10 Å². The van der Waals surface area contributed by atoms with E-state index in [0.717, 1.165) is 23.9 Å². The topological polar surface area (TPSA) is 146 Å². The highest BCUT2D eigenvalue weighted by Gasteiger charge is 2.40. The van der Waals surface area contributed by atoms with Crippen LogP contribution in [-0.2, 0) is 9.59 Å². The van der Waals surface area contributed by atoms with Crippen LogP contribution < -0.4 is 20.6 Å². The van der Waals surface area contributed by atoms with Gasteiger partial charge in [-0.1, -0.05) is 36.1 Å². The van der Waals surface area contributed by atoms with Gasteiger partial charge in [-0.3, -0.25) is 19.7 Å². The summed E-state index contributed by atoms with van der Waals surface area (Å²) in [5, 5.41) is 29.8. The minimum atomic E-state index is -0.986. The minimum Gasteiger partial charge on any atom is -0.870 e. The van der Waals surface area contributed by atoms with Crippen molar-refractivity contribution in [3.8, 4) is 11.5 Å².